The van der Waals surface area contributed by atoms with Crippen LogP contribution < -0.4 is 15.4 Å². The molecule has 116 valence electrons. The van der Waals surface area contributed by atoms with Crippen LogP contribution in [0.1, 0.15) is 18.5 Å². The summed E-state index contributed by atoms with van der Waals surface area (Å²) in [6.45, 7) is 2.05. The van der Waals surface area contributed by atoms with E-state index in [1.165, 1.54) is 0 Å². The maximum Gasteiger partial charge on any atom is 0.171 e. The SMILES string of the molecule is COc1ccc(C(C)NC(=S)Nc2ccc(Br)c(Cl)c2)cc1. The van der Waals surface area contributed by atoms with E-state index < -0.39 is 0 Å². The van der Waals surface area contributed by atoms with E-state index in [2.05, 4.69) is 26.6 Å². The molecule has 1 atom stereocenters. The Morgan fingerprint density at radius 2 is 1.91 bits per heavy atom. The lowest BCUT2D eigenvalue weighted by molar-refractivity contribution is 0.414. The van der Waals surface area contributed by atoms with E-state index in [0.717, 1.165) is 21.5 Å². The highest BCUT2D eigenvalue weighted by Crippen LogP contribution is 2.25. The molecule has 3 nitrogen and oxygen atoms in total. The van der Waals surface area contributed by atoms with Gasteiger partial charge in [-0.1, -0.05) is 23.7 Å². The van der Waals surface area contributed by atoms with Crippen molar-refractivity contribution >= 4 is 50.5 Å². The number of hydrogen-bond acceptors (Lipinski definition) is 2. The predicted octanol–water partition coefficient (Wildman–Crippen LogP) is 5.16. The van der Waals surface area contributed by atoms with Crippen molar-refractivity contribution in [2.24, 2.45) is 0 Å². The molecule has 0 aromatic heterocycles. The second-order valence-electron chi connectivity index (χ2n) is 4.72. The predicted molar refractivity (Wildman–Crippen MR) is 99.9 cm³/mol. The molecule has 22 heavy (non-hydrogen) atoms. The normalized spacial score (nSPS) is 11.6. The molecule has 0 radical (unpaired) electrons. The van der Waals surface area contributed by atoms with Crippen molar-refractivity contribution in [2.45, 2.75) is 13.0 Å². The van der Waals surface area contributed by atoms with E-state index >= 15 is 0 Å². The summed E-state index contributed by atoms with van der Waals surface area (Å²) in [5.74, 6) is 0.834. The number of ether oxygens (including phenoxy) is 1. The Bertz CT molecular complexity index is 664. The maximum atomic E-state index is 6.07. The van der Waals surface area contributed by atoms with Gasteiger partial charge in [0.15, 0.2) is 5.11 Å². The lowest BCUT2D eigenvalue weighted by atomic mass is 10.1. The van der Waals surface area contributed by atoms with Crippen LogP contribution >= 0.6 is 39.7 Å². The maximum absolute atomic E-state index is 6.07. The molecule has 0 fully saturated rings. The highest BCUT2D eigenvalue weighted by Gasteiger charge is 2.08. The van der Waals surface area contributed by atoms with Crippen molar-refractivity contribution in [3.8, 4) is 5.75 Å². The average molecular weight is 400 g/mol. The van der Waals surface area contributed by atoms with Gasteiger partial charge in [-0.3, -0.25) is 0 Å². The summed E-state index contributed by atoms with van der Waals surface area (Å²) in [5, 5.41) is 7.54. The summed E-state index contributed by atoms with van der Waals surface area (Å²) >= 11 is 14.8. The van der Waals surface area contributed by atoms with Gasteiger partial charge in [0.1, 0.15) is 5.75 Å². The number of thiocarbonyl (C=S) groups is 1. The Morgan fingerprint density at radius 3 is 2.50 bits per heavy atom. The molecule has 0 aliphatic heterocycles. The van der Waals surface area contributed by atoms with Crippen LogP contribution in [0.2, 0.25) is 5.02 Å². The zero-order valence-corrected chi connectivity index (χ0v) is 15.3. The van der Waals surface area contributed by atoms with Gasteiger partial charge in [0.25, 0.3) is 0 Å². The van der Waals surface area contributed by atoms with Crippen molar-refractivity contribution < 1.29 is 4.74 Å². The van der Waals surface area contributed by atoms with Gasteiger partial charge < -0.3 is 15.4 Å². The second kappa shape index (κ2) is 7.81. The molecular formula is C16H16BrClN2OS. The smallest absolute Gasteiger partial charge is 0.171 e. The summed E-state index contributed by atoms with van der Waals surface area (Å²) in [5.41, 5.74) is 1.96. The van der Waals surface area contributed by atoms with Gasteiger partial charge >= 0.3 is 0 Å². The third kappa shape index (κ3) is 4.60. The minimum absolute atomic E-state index is 0.0804. The average Bonchev–Trinajstić information content (AvgIpc) is 2.51. The van der Waals surface area contributed by atoms with Crippen molar-refractivity contribution in [3.63, 3.8) is 0 Å². The van der Waals surface area contributed by atoms with Crippen LogP contribution in [0, 0.1) is 0 Å². The summed E-state index contributed by atoms with van der Waals surface area (Å²) in [4.78, 5) is 0. The van der Waals surface area contributed by atoms with Crippen molar-refractivity contribution in [1.82, 2.24) is 5.32 Å². The molecular weight excluding hydrogens is 384 g/mol. The van der Waals surface area contributed by atoms with Crippen LogP contribution in [-0.2, 0) is 0 Å². The first-order valence-corrected chi connectivity index (χ1v) is 8.24. The van der Waals surface area contributed by atoms with E-state index in [9.17, 15) is 0 Å². The Labute approximate surface area is 149 Å². The molecule has 0 spiro atoms. The van der Waals surface area contributed by atoms with Crippen LogP contribution in [0.15, 0.2) is 46.9 Å². The molecule has 2 aromatic rings. The van der Waals surface area contributed by atoms with Crippen LogP contribution in [0.3, 0.4) is 0 Å². The van der Waals surface area contributed by atoms with Crippen molar-refractivity contribution in [2.75, 3.05) is 12.4 Å². The molecule has 0 amide bonds. The molecule has 1 unspecified atom stereocenters. The number of halogens is 2. The Morgan fingerprint density at radius 1 is 1.23 bits per heavy atom. The monoisotopic (exact) mass is 398 g/mol. The zero-order valence-electron chi connectivity index (χ0n) is 12.2. The van der Waals surface area contributed by atoms with Gasteiger partial charge in [0.05, 0.1) is 18.2 Å². The van der Waals surface area contributed by atoms with E-state index in [4.69, 9.17) is 28.6 Å². The van der Waals surface area contributed by atoms with Gasteiger partial charge in [-0.15, -0.1) is 0 Å². The van der Waals surface area contributed by atoms with Crippen LogP contribution in [0.4, 0.5) is 5.69 Å². The summed E-state index contributed by atoms with van der Waals surface area (Å²) < 4.78 is 6.01. The third-order valence-corrected chi connectivity index (χ3v) is 4.59. The molecule has 2 rings (SSSR count). The number of rotatable bonds is 4. The summed E-state index contributed by atoms with van der Waals surface area (Å²) in [7, 11) is 1.65. The van der Waals surface area contributed by atoms with Crippen LogP contribution in [-0.4, -0.2) is 12.2 Å². The van der Waals surface area contributed by atoms with Crippen molar-refractivity contribution in [3.05, 3.63) is 57.5 Å². The first-order valence-electron chi connectivity index (χ1n) is 6.66. The quantitative estimate of drug-likeness (QED) is 0.696. The molecule has 2 aromatic carbocycles. The number of hydrogen-bond donors (Lipinski definition) is 2. The topological polar surface area (TPSA) is 33.3 Å². The highest BCUT2D eigenvalue weighted by atomic mass is 79.9. The molecule has 0 heterocycles. The van der Waals surface area contributed by atoms with Gasteiger partial charge in [0.2, 0.25) is 0 Å². The van der Waals surface area contributed by atoms with E-state index in [1.807, 2.05) is 49.4 Å². The molecule has 2 N–H and O–H groups in total. The Kier molecular flexibility index (Phi) is 6.06. The molecule has 0 bridgehead atoms. The van der Waals surface area contributed by atoms with E-state index in [1.54, 1.807) is 7.11 Å². The molecule has 0 saturated carbocycles. The molecule has 6 heteroatoms. The lowest BCUT2D eigenvalue weighted by Gasteiger charge is -2.18. The van der Waals surface area contributed by atoms with Crippen LogP contribution in [0.25, 0.3) is 0 Å². The minimum atomic E-state index is 0.0804. The molecule has 0 aliphatic carbocycles. The Balaban J connectivity index is 1.96. The minimum Gasteiger partial charge on any atom is -0.497 e. The summed E-state index contributed by atoms with van der Waals surface area (Å²) in [6, 6.07) is 13.6. The van der Waals surface area contributed by atoms with E-state index in [-0.39, 0.29) is 6.04 Å². The van der Waals surface area contributed by atoms with E-state index in [0.29, 0.717) is 10.1 Å². The first-order chi connectivity index (χ1) is 10.5. The van der Waals surface area contributed by atoms with Gasteiger partial charge in [-0.05, 0) is 71.0 Å². The number of nitrogens with one attached hydrogen (secondary N) is 2. The lowest BCUT2D eigenvalue weighted by Crippen LogP contribution is -2.30. The highest BCUT2D eigenvalue weighted by molar-refractivity contribution is 9.10. The summed E-state index contributed by atoms with van der Waals surface area (Å²) in [6.07, 6.45) is 0. The van der Waals surface area contributed by atoms with Crippen LogP contribution in [0.5, 0.6) is 5.75 Å². The van der Waals surface area contributed by atoms with Crippen molar-refractivity contribution in [1.29, 1.82) is 0 Å². The van der Waals surface area contributed by atoms with Gasteiger partial charge in [-0.25, -0.2) is 0 Å². The Hall–Kier alpha value is -1.30. The fraction of sp³-hybridized carbons (Fsp3) is 0.188. The standard InChI is InChI=1S/C16H16BrClN2OS/c1-10(11-3-6-13(21-2)7-4-11)19-16(22)20-12-5-8-14(17)15(18)9-12/h3-10H,1-2H3,(H2,19,20,22). The fourth-order valence-electron chi connectivity index (χ4n) is 1.91. The second-order valence-corrected chi connectivity index (χ2v) is 6.39. The number of benzene rings is 2. The number of methoxy groups -OCH3 is 1. The molecule has 0 saturated heterocycles. The largest absolute Gasteiger partial charge is 0.497 e. The van der Waals surface area contributed by atoms with Gasteiger partial charge in [0, 0.05) is 10.2 Å². The fourth-order valence-corrected chi connectivity index (χ4v) is 2.64. The number of anilines is 1. The zero-order chi connectivity index (χ0) is 16.1. The third-order valence-electron chi connectivity index (χ3n) is 3.14. The van der Waals surface area contributed by atoms with Gasteiger partial charge in [-0.2, -0.15) is 0 Å². The molecule has 0 aliphatic rings. The first kappa shape index (κ1) is 17.1.